The Labute approximate surface area is 170 Å². The lowest BCUT2D eigenvalue weighted by molar-refractivity contribution is 0.102. The molecule has 0 heterocycles. The number of carbonyl (C=O) groups is 1. The maximum atomic E-state index is 12.3. The van der Waals surface area contributed by atoms with Crippen LogP contribution in [0.1, 0.15) is 87.7 Å². The first-order valence-corrected chi connectivity index (χ1v) is 10.6. The molecule has 1 aromatic rings. The zero-order valence-corrected chi connectivity index (χ0v) is 17.9. The molecule has 0 unspecified atom stereocenters. The van der Waals surface area contributed by atoms with E-state index < -0.39 is 0 Å². The van der Waals surface area contributed by atoms with Gasteiger partial charge in [0, 0.05) is 11.1 Å². The van der Waals surface area contributed by atoms with Crippen molar-refractivity contribution in [3.8, 4) is 12.3 Å². The Bertz CT molecular complexity index is 842. The molecule has 148 valence electrons. The van der Waals surface area contributed by atoms with Gasteiger partial charge in [-0.25, -0.2) is 4.99 Å². The van der Waals surface area contributed by atoms with Crippen LogP contribution in [0.25, 0.3) is 5.70 Å². The molecule has 2 heteroatoms. The van der Waals surface area contributed by atoms with Gasteiger partial charge >= 0.3 is 0 Å². The van der Waals surface area contributed by atoms with Crippen LogP contribution in [0, 0.1) is 18.3 Å². The van der Waals surface area contributed by atoms with E-state index in [0.717, 1.165) is 35.2 Å². The molecule has 3 rings (SSSR count). The van der Waals surface area contributed by atoms with Crippen LogP contribution >= 0.6 is 0 Å². The Morgan fingerprint density at radius 1 is 1.14 bits per heavy atom. The number of hydrogen-bond donors (Lipinski definition) is 0. The van der Waals surface area contributed by atoms with Crippen LogP contribution in [0.3, 0.4) is 0 Å². The van der Waals surface area contributed by atoms with Crippen molar-refractivity contribution >= 4 is 17.2 Å². The highest BCUT2D eigenvalue weighted by molar-refractivity contribution is 6.10. The van der Waals surface area contributed by atoms with Gasteiger partial charge < -0.3 is 0 Å². The van der Waals surface area contributed by atoms with Gasteiger partial charge in [-0.3, -0.25) is 4.79 Å². The summed E-state index contributed by atoms with van der Waals surface area (Å²) in [6, 6.07) is 6.09. The van der Waals surface area contributed by atoms with Gasteiger partial charge in [-0.2, -0.15) is 0 Å². The molecule has 0 saturated heterocycles. The summed E-state index contributed by atoms with van der Waals surface area (Å²) in [5.41, 5.74) is 6.68. The summed E-state index contributed by atoms with van der Waals surface area (Å²) >= 11 is 0. The fourth-order valence-electron chi connectivity index (χ4n) is 4.07. The monoisotopic (exact) mass is 375 g/mol. The van der Waals surface area contributed by atoms with E-state index in [2.05, 4.69) is 25.5 Å². The van der Waals surface area contributed by atoms with Crippen LogP contribution in [0.4, 0.5) is 0 Å². The number of carbonyl (C=O) groups excluding carboxylic acids is 1. The van der Waals surface area contributed by atoms with Crippen LogP contribution in [0.2, 0.25) is 0 Å². The maximum absolute atomic E-state index is 12.3. The third kappa shape index (κ3) is 4.90. The molecule has 0 amide bonds. The topological polar surface area (TPSA) is 29.4 Å². The van der Waals surface area contributed by atoms with E-state index in [1.165, 1.54) is 37.7 Å². The van der Waals surface area contributed by atoms with E-state index >= 15 is 0 Å². The summed E-state index contributed by atoms with van der Waals surface area (Å²) < 4.78 is 0. The highest BCUT2D eigenvalue weighted by Gasteiger charge is 2.23. The SMILES string of the molecule is C#CC(C)=N/C(=C(\C)C1CCCCC1)c1ccc2c(c1)CCC(=C)C2=O.CC. The van der Waals surface area contributed by atoms with E-state index in [1.807, 2.05) is 32.9 Å². The van der Waals surface area contributed by atoms with Crippen LogP contribution in [-0.2, 0) is 6.42 Å². The molecule has 2 nitrogen and oxygen atoms in total. The van der Waals surface area contributed by atoms with Crippen molar-refractivity contribution in [3.05, 3.63) is 52.6 Å². The number of ketones is 1. The second kappa shape index (κ2) is 10.2. The summed E-state index contributed by atoms with van der Waals surface area (Å²) in [4.78, 5) is 17.1. The van der Waals surface area contributed by atoms with Crippen LogP contribution in [-0.4, -0.2) is 11.5 Å². The van der Waals surface area contributed by atoms with E-state index in [-0.39, 0.29) is 5.78 Å². The number of nitrogens with zero attached hydrogens (tertiary/aromatic N) is 1. The number of allylic oxidation sites excluding steroid dienone is 2. The molecule has 0 bridgehead atoms. The lowest BCUT2D eigenvalue weighted by Gasteiger charge is -2.25. The minimum Gasteiger partial charge on any atom is -0.289 e. The molecule has 0 N–H and O–H groups in total. The van der Waals surface area contributed by atoms with Crippen molar-refractivity contribution in [1.29, 1.82) is 0 Å². The number of aliphatic imine (C=N–C) groups is 1. The number of Topliss-reactive ketones (excluding diaryl/α,β-unsaturated/α-hetero) is 1. The van der Waals surface area contributed by atoms with Crippen LogP contribution in [0.15, 0.2) is 40.9 Å². The van der Waals surface area contributed by atoms with Crippen molar-refractivity contribution in [3.63, 3.8) is 0 Å². The zero-order chi connectivity index (χ0) is 20.7. The number of aryl methyl sites for hydroxylation is 1. The molecular formula is C26H33NO. The van der Waals surface area contributed by atoms with Crippen molar-refractivity contribution in [2.75, 3.05) is 0 Å². The molecule has 0 spiro atoms. The third-order valence-corrected chi connectivity index (χ3v) is 5.72. The molecule has 0 radical (unpaired) electrons. The molecule has 0 aromatic heterocycles. The van der Waals surface area contributed by atoms with E-state index in [9.17, 15) is 4.79 Å². The standard InChI is InChI=1S/C24H27NO.C2H6/c1-5-17(3)25-23(18(4)19-9-7-6-8-10-19)21-13-14-22-20(15-21)12-11-16(2)24(22)26;1-2/h1,13-15,19H,2,6-12H2,3-4H3;1-2H3/b23-18+,25-17?;. The van der Waals surface area contributed by atoms with Crippen molar-refractivity contribution in [1.82, 2.24) is 0 Å². The first-order chi connectivity index (χ1) is 13.5. The molecule has 1 saturated carbocycles. The van der Waals surface area contributed by atoms with Gasteiger partial charge in [-0.05, 0) is 68.2 Å². The van der Waals surface area contributed by atoms with Crippen molar-refractivity contribution < 1.29 is 4.79 Å². The quantitative estimate of drug-likeness (QED) is 0.324. The minimum absolute atomic E-state index is 0.0793. The van der Waals surface area contributed by atoms with Crippen LogP contribution in [0.5, 0.6) is 0 Å². The fourth-order valence-corrected chi connectivity index (χ4v) is 4.07. The van der Waals surface area contributed by atoms with E-state index in [4.69, 9.17) is 11.4 Å². The smallest absolute Gasteiger partial charge is 0.188 e. The predicted molar refractivity (Wildman–Crippen MR) is 121 cm³/mol. The number of hydrogen-bond acceptors (Lipinski definition) is 2. The lowest BCUT2D eigenvalue weighted by Crippen LogP contribution is -2.14. The van der Waals surface area contributed by atoms with Crippen LogP contribution < -0.4 is 0 Å². The van der Waals surface area contributed by atoms with Gasteiger partial charge in [0.25, 0.3) is 0 Å². The van der Waals surface area contributed by atoms with Crippen molar-refractivity contribution in [2.45, 2.75) is 72.6 Å². The average Bonchev–Trinajstić information content (AvgIpc) is 2.75. The molecule has 2 aliphatic rings. The molecule has 1 aromatic carbocycles. The second-order valence-corrected chi connectivity index (χ2v) is 7.51. The molecule has 28 heavy (non-hydrogen) atoms. The molecule has 2 aliphatic carbocycles. The Kier molecular flexibility index (Phi) is 8.00. The second-order valence-electron chi connectivity index (χ2n) is 7.51. The van der Waals surface area contributed by atoms with Gasteiger partial charge in [0.15, 0.2) is 5.78 Å². The Balaban J connectivity index is 0.00000136. The van der Waals surface area contributed by atoms with E-state index in [1.54, 1.807) is 0 Å². The highest BCUT2D eigenvalue weighted by atomic mass is 16.1. The normalized spacial score (nSPS) is 18.5. The number of rotatable bonds is 3. The highest BCUT2D eigenvalue weighted by Crippen LogP contribution is 2.36. The minimum atomic E-state index is 0.0793. The van der Waals surface area contributed by atoms with Crippen molar-refractivity contribution in [2.24, 2.45) is 10.9 Å². The molecular weight excluding hydrogens is 342 g/mol. The largest absolute Gasteiger partial charge is 0.289 e. The number of terminal acetylenes is 1. The zero-order valence-electron chi connectivity index (χ0n) is 17.9. The molecule has 0 atom stereocenters. The van der Waals surface area contributed by atoms with Gasteiger partial charge in [0.1, 0.15) is 0 Å². The van der Waals surface area contributed by atoms with E-state index in [0.29, 0.717) is 17.2 Å². The Hall–Kier alpha value is -2.40. The Morgan fingerprint density at radius 2 is 1.82 bits per heavy atom. The van der Waals surface area contributed by atoms with Gasteiger partial charge in [0.05, 0.1) is 11.4 Å². The lowest BCUT2D eigenvalue weighted by atomic mass is 9.82. The molecule has 1 fully saturated rings. The van der Waals surface area contributed by atoms with Gasteiger partial charge in [-0.15, -0.1) is 6.42 Å². The van der Waals surface area contributed by atoms with Gasteiger partial charge in [0.2, 0.25) is 0 Å². The summed E-state index contributed by atoms with van der Waals surface area (Å²) in [5, 5.41) is 0. The number of fused-ring (bicyclic) bond motifs is 1. The average molecular weight is 376 g/mol. The summed E-state index contributed by atoms with van der Waals surface area (Å²) in [7, 11) is 0. The fraction of sp³-hybridized carbons (Fsp3) is 0.462. The third-order valence-electron chi connectivity index (χ3n) is 5.72. The predicted octanol–water partition coefficient (Wildman–Crippen LogP) is 6.80. The first kappa shape index (κ1) is 21.9. The summed E-state index contributed by atoms with van der Waals surface area (Å²) in [6.45, 7) is 12.0. The molecule has 0 aliphatic heterocycles. The summed E-state index contributed by atoms with van der Waals surface area (Å²) in [5.74, 6) is 3.30. The summed E-state index contributed by atoms with van der Waals surface area (Å²) in [6.07, 6.45) is 13.5. The number of benzene rings is 1. The maximum Gasteiger partial charge on any atom is 0.188 e. The Morgan fingerprint density at radius 3 is 2.46 bits per heavy atom. The van der Waals surface area contributed by atoms with Gasteiger partial charge in [-0.1, -0.05) is 57.7 Å². The first-order valence-electron chi connectivity index (χ1n) is 10.6.